The highest BCUT2D eigenvalue weighted by atomic mass is 35.5. The normalized spacial score (nSPS) is 11.0. The average Bonchev–Trinajstić information content (AvgIpc) is 2.58. The third kappa shape index (κ3) is 5.48. The molecule has 0 aromatic heterocycles. The quantitative estimate of drug-likeness (QED) is 0.735. The van der Waals surface area contributed by atoms with Crippen LogP contribution in [0.15, 0.2) is 48.5 Å². The topological polar surface area (TPSA) is 58.2 Å². The lowest BCUT2D eigenvalue weighted by Gasteiger charge is -2.22. The lowest BCUT2D eigenvalue weighted by atomic mass is 9.91. The Bertz CT molecular complexity index is 741. The van der Waals surface area contributed by atoms with E-state index in [0.717, 1.165) is 5.56 Å². The molecule has 0 atom stereocenters. The molecule has 0 radical (unpaired) electrons. The lowest BCUT2D eigenvalue weighted by Crippen LogP contribution is -2.45. The Morgan fingerprint density at radius 2 is 1.40 bits per heavy atom. The molecule has 2 amide bonds. The van der Waals surface area contributed by atoms with E-state index < -0.39 is 5.41 Å². The summed E-state index contributed by atoms with van der Waals surface area (Å²) in [6, 6.07) is 14.2. The van der Waals surface area contributed by atoms with Crippen molar-refractivity contribution in [2.75, 3.05) is 11.9 Å². The van der Waals surface area contributed by atoms with Crippen molar-refractivity contribution >= 4 is 40.7 Å². The van der Waals surface area contributed by atoms with Crippen molar-refractivity contribution in [2.45, 2.75) is 20.3 Å². The maximum atomic E-state index is 12.4. The third-order valence-electron chi connectivity index (χ3n) is 3.85. The number of anilines is 1. The van der Waals surface area contributed by atoms with Crippen molar-refractivity contribution < 1.29 is 9.59 Å². The van der Waals surface area contributed by atoms with E-state index >= 15 is 0 Å². The van der Waals surface area contributed by atoms with Gasteiger partial charge in [0.25, 0.3) is 0 Å². The van der Waals surface area contributed by atoms with E-state index in [4.69, 9.17) is 23.2 Å². The number of rotatable bonds is 6. The predicted molar refractivity (Wildman–Crippen MR) is 102 cm³/mol. The highest BCUT2D eigenvalue weighted by molar-refractivity contribution is 6.30. The summed E-state index contributed by atoms with van der Waals surface area (Å²) in [7, 11) is 0. The van der Waals surface area contributed by atoms with Crippen LogP contribution in [0.3, 0.4) is 0 Å². The molecule has 0 fully saturated rings. The Morgan fingerprint density at radius 1 is 0.880 bits per heavy atom. The van der Waals surface area contributed by atoms with Crippen LogP contribution in [0.1, 0.15) is 19.4 Å². The summed E-state index contributed by atoms with van der Waals surface area (Å²) in [5.74, 6) is -0.702. The molecule has 2 N–H and O–H groups in total. The molecule has 0 heterocycles. The second-order valence-corrected chi connectivity index (χ2v) is 7.09. The van der Waals surface area contributed by atoms with Crippen molar-refractivity contribution in [3.05, 3.63) is 64.1 Å². The molecule has 2 aromatic carbocycles. The fraction of sp³-hybridized carbons (Fsp3) is 0.263. The van der Waals surface area contributed by atoms with E-state index in [1.54, 1.807) is 38.1 Å². The van der Waals surface area contributed by atoms with Crippen LogP contribution in [-0.4, -0.2) is 18.4 Å². The highest BCUT2D eigenvalue weighted by Gasteiger charge is 2.35. The Morgan fingerprint density at radius 3 is 1.96 bits per heavy atom. The Kier molecular flexibility index (Phi) is 6.45. The van der Waals surface area contributed by atoms with Crippen molar-refractivity contribution in [1.82, 2.24) is 5.32 Å². The van der Waals surface area contributed by atoms with Gasteiger partial charge in [-0.15, -0.1) is 0 Å². The Balaban J connectivity index is 1.88. The van der Waals surface area contributed by atoms with Gasteiger partial charge in [0.05, 0.1) is 0 Å². The molecule has 132 valence electrons. The van der Waals surface area contributed by atoms with Crippen molar-refractivity contribution in [3.8, 4) is 0 Å². The maximum absolute atomic E-state index is 12.4. The highest BCUT2D eigenvalue weighted by Crippen LogP contribution is 2.20. The summed E-state index contributed by atoms with van der Waals surface area (Å²) < 4.78 is 0. The molecule has 0 unspecified atom stereocenters. The number of carbonyl (C=O) groups is 2. The zero-order chi connectivity index (χ0) is 18.4. The smallest absolute Gasteiger partial charge is 0.239 e. The SMILES string of the molecule is CC(C)(C(=O)NCCc1ccc(Cl)cc1)C(=O)Nc1ccc(Cl)cc1. The summed E-state index contributed by atoms with van der Waals surface area (Å²) in [5, 5.41) is 6.79. The molecular formula is C19H20Cl2N2O2. The monoisotopic (exact) mass is 378 g/mol. The van der Waals surface area contributed by atoms with Crippen molar-refractivity contribution in [1.29, 1.82) is 0 Å². The van der Waals surface area contributed by atoms with Gasteiger partial charge in [-0.2, -0.15) is 0 Å². The molecule has 6 heteroatoms. The van der Waals surface area contributed by atoms with E-state index in [1.807, 2.05) is 24.3 Å². The zero-order valence-corrected chi connectivity index (χ0v) is 15.6. The molecule has 0 aliphatic carbocycles. The summed E-state index contributed by atoms with van der Waals surface area (Å²) in [4.78, 5) is 24.8. The van der Waals surface area contributed by atoms with Crippen LogP contribution in [-0.2, 0) is 16.0 Å². The summed E-state index contributed by atoms with van der Waals surface area (Å²) >= 11 is 11.7. The summed E-state index contributed by atoms with van der Waals surface area (Å²) in [5.41, 5.74) is 0.462. The second-order valence-electron chi connectivity index (χ2n) is 6.22. The molecule has 0 aliphatic rings. The van der Waals surface area contributed by atoms with E-state index in [1.165, 1.54) is 0 Å². The van der Waals surface area contributed by atoms with Crippen LogP contribution in [0.25, 0.3) is 0 Å². The number of halogens is 2. The van der Waals surface area contributed by atoms with Gasteiger partial charge in [-0.1, -0.05) is 35.3 Å². The van der Waals surface area contributed by atoms with Gasteiger partial charge in [-0.25, -0.2) is 0 Å². The van der Waals surface area contributed by atoms with Crippen LogP contribution >= 0.6 is 23.2 Å². The van der Waals surface area contributed by atoms with E-state index in [9.17, 15) is 9.59 Å². The van der Waals surface area contributed by atoms with Gasteiger partial charge in [0.2, 0.25) is 11.8 Å². The number of hydrogen-bond acceptors (Lipinski definition) is 2. The second kappa shape index (κ2) is 8.37. The summed E-state index contributed by atoms with van der Waals surface area (Å²) in [6.45, 7) is 3.63. The molecular weight excluding hydrogens is 359 g/mol. The van der Waals surface area contributed by atoms with Crippen LogP contribution in [0.4, 0.5) is 5.69 Å². The number of benzene rings is 2. The molecule has 0 saturated heterocycles. The van der Waals surface area contributed by atoms with Gasteiger partial charge >= 0.3 is 0 Å². The number of nitrogens with one attached hydrogen (secondary N) is 2. The van der Waals surface area contributed by atoms with Crippen molar-refractivity contribution in [3.63, 3.8) is 0 Å². The molecule has 0 bridgehead atoms. The van der Waals surface area contributed by atoms with Gasteiger partial charge < -0.3 is 10.6 Å². The lowest BCUT2D eigenvalue weighted by molar-refractivity contribution is -0.138. The average molecular weight is 379 g/mol. The molecule has 2 aromatic rings. The van der Waals surface area contributed by atoms with E-state index in [-0.39, 0.29) is 11.8 Å². The number of hydrogen-bond donors (Lipinski definition) is 2. The first-order chi connectivity index (χ1) is 11.8. The first-order valence-corrected chi connectivity index (χ1v) is 8.64. The predicted octanol–water partition coefficient (Wildman–Crippen LogP) is 4.32. The molecule has 4 nitrogen and oxygen atoms in total. The minimum absolute atomic E-state index is 0.326. The first kappa shape index (κ1) is 19.3. The number of carbonyl (C=O) groups excluding carboxylic acids is 2. The summed E-state index contributed by atoms with van der Waals surface area (Å²) in [6.07, 6.45) is 0.664. The fourth-order valence-corrected chi connectivity index (χ4v) is 2.37. The standard InChI is InChI=1S/C19H20Cl2N2O2/c1-19(2,18(25)23-16-9-7-15(21)8-10-16)17(24)22-12-11-13-3-5-14(20)6-4-13/h3-10H,11-12H2,1-2H3,(H,22,24)(H,23,25). The molecule has 2 rings (SSSR count). The van der Waals surface area contributed by atoms with Crippen LogP contribution < -0.4 is 10.6 Å². The van der Waals surface area contributed by atoms with Crippen molar-refractivity contribution in [2.24, 2.45) is 5.41 Å². The zero-order valence-electron chi connectivity index (χ0n) is 14.1. The Hall–Kier alpha value is -2.04. The van der Waals surface area contributed by atoms with Gasteiger partial charge in [0.1, 0.15) is 5.41 Å². The van der Waals surface area contributed by atoms with E-state index in [0.29, 0.717) is 28.7 Å². The van der Waals surface area contributed by atoms with Crippen LogP contribution in [0.5, 0.6) is 0 Å². The molecule has 25 heavy (non-hydrogen) atoms. The molecule has 0 saturated carbocycles. The third-order valence-corrected chi connectivity index (χ3v) is 4.35. The van der Waals surface area contributed by atoms with Gasteiger partial charge in [-0.3, -0.25) is 9.59 Å². The number of amides is 2. The van der Waals surface area contributed by atoms with Crippen LogP contribution in [0, 0.1) is 5.41 Å². The maximum Gasteiger partial charge on any atom is 0.239 e. The first-order valence-electron chi connectivity index (χ1n) is 7.89. The minimum atomic E-state index is -1.19. The largest absolute Gasteiger partial charge is 0.355 e. The Labute approximate surface area is 157 Å². The van der Waals surface area contributed by atoms with E-state index in [2.05, 4.69) is 10.6 Å². The van der Waals surface area contributed by atoms with Gasteiger partial charge in [0.15, 0.2) is 0 Å². The fourth-order valence-electron chi connectivity index (χ4n) is 2.12. The minimum Gasteiger partial charge on any atom is -0.355 e. The van der Waals surface area contributed by atoms with Gasteiger partial charge in [0, 0.05) is 22.3 Å². The molecule has 0 spiro atoms. The molecule has 0 aliphatic heterocycles. The van der Waals surface area contributed by atoms with Gasteiger partial charge in [-0.05, 0) is 62.2 Å². The van der Waals surface area contributed by atoms with Crippen LogP contribution in [0.2, 0.25) is 10.0 Å².